The van der Waals surface area contributed by atoms with Crippen molar-refractivity contribution in [3.63, 3.8) is 0 Å². The molecule has 0 aromatic rings. The summed E-state index contributed by atoms with van der Waals surface area (Å²) in [7, 11) is 0. The molecule has 0 heterocycles. The molecule has 0 radical (unpaired) electrons. The molecule has 0 spiro atoms. The number of hydrogen-bond acceptors (Lipinski definition) is 5. The second-order valence-electron chi connectivity index (χ2n) is 3.25. The lowest BCUT2D eigenvalue weighted by Gasteiger charge is -2.18. The zero-order chi connectivity index (χ0) is 9.30. The van der Waals surface area contributed by atoms with E-state index < -0.39 is 30.1 Å². The van der Waals surface area contributed by atoms with Crippen LogP contribution in [-0.2, 0) is 0 Å². The van der Waals surface area contributed by atoms with Crippen molar-refractivity contribution in [2.75, 3.05) is 13.2 Å². The molecule has 5 heteroatoms. The van der Waals surface area contributed by atoms with E-state index >= 15 is 0 Å². The summed E-state index contributed by atoms with van der Waals surface area (Å²) in [6.45, 7) is -0.488. The second kappa shape index (κ2) is 3.68. The van der Waals surface area contributed by atoms with Crippen molar-refractivity contribution < 1.29 is 20.4 Å². The Balaban J connectivity index is 2.72. The van der Waals surface area contributed by atoms with Crippen LogP contribution in [0.25, 0.3) is 0 Å². The van der Waals surface area contributed by atoms with E-state index in [9.17, 15) is 10.2 Å². The lowest BCUT2D eigenvalue weighted by molar-refractivity contribution is -0.00105. The Morgan fingerprint density at radius 2 is 1.42 bits per heavy atom. The fourth-order valence-corrected chi connectivity index (χ4v) is 1.77. The van der Waals surface area contributed by atoms with Crippen LogP contribution in [-0.4, -0.2) is 51.9 Å². The van der Waals surface area contributed by atoms with Crippen molar-refractivity contribution in [2.45, 2.75) is 18.2 Å². The minimum atomic E-state index is -1.04. The van der Waals surface area contributed by atoms with E-state index in [0.29, 0.717) is 0 Å². The lowest BCUT2D eigenvalue weighted by Crippen LogP contribution is -2.39. The molecule has 0 amide bonds. The van der Waals surface area contributed by atoms with E-state index in [4.69, 9.17) is 15.9 Å². The molecule has 1 aliphatic rings. The first-order valence-electron chi connectivity index (χ1n) is 3.97. The first kappa shape index (κ1) is 9.88. The first-order chi connectivity index (χ1) is 5.63. The van der Waals surface area contributed by atoms with E-state index in [1.54, 1.807) is 0 Å². The molecule has 0 saturated heterocycles. The van der Waals surface area contributed by atoms with E-state index in [-0.39, 0.29) is 13.2 Å². The van der Waals surface area contributed by atoms with Crippen molar-refractivity contribution in [3.8, 4) is 0 Å². The summed E-state index contributed by atoms with van der Waals surface area (Å²) in [5.41, 5.74) is 5.51. The lowest BCUT2D eigenvalue weighted by atomic mass is 9.95. The maximum absolute atomic E-state index is 9.33. The molecule has 0 aromatic heterocycles. The summed E-state index contributed by atoms with van der Waals surface area (Å²) in [4.78, 5) is 0. The SMILES string of the molecule is N[C@H]1[C@H](O)[C@@H](O)[C@@H](CO)[C@H]1CO. The van der Waals surface area contributed by atoms with Crippen LogP contribution in [0, 0.1) is 11.8 Å². The zero-order valence-electron chi connectivity index (χ0n) is 6.67. The quantitative estimate of drug-likeness (QED) is 0.315. The Morgan fingerprint density at radius 3 is 1.75 bits per heavy atom. The van der Waals surface area contributed by atoms with E-state index in [2.05, 4.69) is 0 Å². The van der Waals surface area contributed by atoms with Gasteiger partial charge in [0.15, 0.2) is 0 Å². The van der Waals surface area contributed by atoms with Crippen molar-refractivity contribution in [1.29, 1.82) is 0 Å². The predicted octanol–water partition coefficient (Wildman–Crippen LogP) is -2.73. The molecule has 0 aliphatic heterocycles. The van der Waals surface area contributed by atoms with Crippen LogP contribution < -0.4 is 5.73 Å². The molecule has 1 rings (SSSR count). The molecule has 5 atom stereocenters. The number of rotatable bonds is 2. The average molecular weight is 177 g/mol. The Bertz CT molecular complexity index is 138. The predicted molar refractivity (Wildman–Crippen MR) is 41.1 cm³/mol. The highest BCUT2D eigenvalue weighted by molar-refractivity contribution is 4.99. The molecule has 1 aliphatic carbocycles. The number of aliphatic hydroxyl groups is 4. The molecule has 0 aromatic carbocycles. The van der Waals surface area contributed by atoms with Crippen molar-refractivity contribution in [3.05, 3.63) is 0 Å². The number of nitrogens with two attached hydrogens (primary N) is 1. The third-order valence-corrected chi connectivity index (χ3v) is 2.65. The van der Waals surface area contributed by atoms with Crippen LogP contribution in [0.4, 0.5) is 0 Å². The Hall–Kier alpha value is -0.200. The fourth-order valence-electron chi connectivity index (χ4n) is 1.77. The van der Waals surface area contributed by atoms with E-state index in [0.717, 1.165) is 0 Å². The van der Waals surface area contributed by atoms with Crippen molar-refractivity contribution in [1.82, 2.24) is 0 Å². The van der Waals surface area contributed by atoms with Crippen LogP contribution in [0.5, 0.6) is 0 Å². The van der Waals surface area contributed by atoms with Crippen LogP contribution in [0.1, 0.15) is 0 Å². The third-order valence-electron chi connectivity index (χ3n) is 2.65. The van der Waals surface area contributed by atoms with Crippen LogP contribution in [0.2, 0.25) is 0 Å². The van der Waals surface area contributed by atoms with Gasteiger partial charge in [-0.05, 0) is 0 Å². The van der Waals surface area contributed by atoms with Gasteiger partial charge in [0.1, 0.15) is 0 Å². The van der Waals surface area contributed by atoms with Gasteiger partial charge in [-0.3, -0.25) is 0 Å². The van der Waals surface area contributed by atoms with Crippen LogP contribution in [0.15, 0.2) is 0 Å². The molecule has 12 heavy (non-hydrogen) atoms. The molecular weight excluding hydrogens is 162 g/mol. The third kappa shape index (κ3) is 1.34. The maximum atomic E-state index is 9.33. The van der Waals surface area contributed by atoms with Gasteiger partial charge >= 0.3 is 0 Å². The van der Waals surface area contributed by atoms with Gasteiger partial charge in [0.25, 0.3) is 0 Å². The Morgan fingerprint density at radius 1 is 0.917 bits per heavy atom. The van der Waals surface area contributed by atoms with Gasteiger partial charge in [0, 0.05) is 31.1 Å². The largest absolute Gasteiger partial charge is 0.396 e. The topological polar surface area (TPSA) is 107 Å². The minimum absolute atomic E-state index is 0.222. The second-order valence-corrected chi connectivity index (χ2v) is 3.25. The van der Waals surface area contributed by atoms with Gasteiger partial charge in [0.2, 0.25) is 0 Å². The molecule has 6 N–H and O–H groups in total. The van der Waals surface area contributed by atoms with Gasteiger partial charge < -0.3 is 26.2 Å². The minimum Gasteiger partial charge on any atom is -0.396 e. The van der Waals surface area contributed by atoms with Gasteiger partial charge in [-0.1, -0.05) is 0 Å². The summed E-state index contributed by atoms with van der Waals surface area (Å²) in [5, 5.41) is 36.3. The molecule has 72 valence electrons. The zero-order valence-corrected chi connectivity index (χ0v) is 6.67. The van der Waals surface area contributed by atoms with Gasteiger partial charge in [-0.25, -0.2) is 0 Å². The highest BCUT2D eigenvalue weighted by atomic mass is 16.3. The summed E-state index contributed by atoms with van der Waals surface area (Å²) < 4.78 is 0. The van der Waals surface area contributed by atoms with Crippen molar-refractivity contribution >= 4 is 0 Å². The molecule has 1 fully saturated rings. The number of hydrogen-bond donors (Lipinski definition) is 5. The van der Waals surface area contributed by atoms with Crippen molar-refractivity contribution in [2.24, 2.45) is 17.6 Å². The standard InChI is InChI=1S/C7H15NO4/c8-5-3(1-9)4(2-10)6(11)7(5)12/h3-7,9-12H,1-2,8H2/t3-,4+,5-,6+,7+/m1/s1. The molecular formula is C7H15NO4. The van der Waals surface area contributed by atoms with Crippen LogP contribution in [0.3, 0.4) is 0 Å². The summed E-state index contributed by atoms with van der Waals surface area (Å²) in [5.74, 6) is -0.931. The monoisotopic (exact) mass is 177 g/mol. The smallest absolute Gasteiger partial charge is 0.0956 e. The molecule has 0 unspecified atom stereocenters. The van der Waals surface area contributed by atoms with Crippen LogP contribution >= 0.6 is 0 Å². The summed E-state index contributed by atoms with van der Waals surface area (Å²) in [6.07, 6.45) is -2.07. The first-order valence-corrected chi connectivity index (χ1v) is 3.97. The normalized spacial score (nSPS) is 48.2. The molecule has 0 bridgehead atoms. The highest BCUT2D eigenvalue weighted by Gasteiger charge is 2.46. The average Bonchev–Trinajstić information content (AvgIpc) is 2.29. The van der Waals surface area contributed by atoms with Gasteiger partial charge in [-0.2, -0.15) is 0 Å². The van der Waals surface area contributed by atoms with E-state index in [1.807, 2.05) is 0 Å². The van der Waals surface area contributed by atoms with Gasteiger partial charge in [0.05, 0.1) is 12.2 Å². The highest BCUT2D eigenvalue weighted by Crippen LogP contribution is 2.30. The maximum Gasteiger partial charge on any atom is 0.0956 e. The molecule has 5 nitrogen and oxygen atoms in total. The van der Waals surface area contributed by atoms with Gasteiger partial charge in [-0.15, -0.1) is 0 Å². The Labute approximate surface area is 70.4 Å². The molecule has 1 saturated carbocycles. The Kier molecular flexibility index (Phi) is 3.03. The summed E-state index contributed by atoms with van der Waals surface area (Å²) >= 11 is 0. The fraction of sp³-hybridized carbons (Fsp3) is 1.00. The van der Waals surface area contributed by atoms with E-state index in [1.165, 1.54) is 0 Å². The summed E-state index contributed by atoms with van der Waals surface area (Å²) in [6, 6.07) is -0.651. The number of aliphatic hydroxyl groups excluding tert-OH is 4.